The van der Waals surface area contributed by atoms with Crippen LogP contribution in [0, 0.1) is 3.57 Å². The van der Waals surface area contributed by atoms with Gasteiger partial charge in [0.2, 0.25) is 5.91 Å². The van der Waals surface area contributed by atoms with Crippen molar-refractivity contribution in [3.05, 3.63) is 21.3 Å². The maximum absolute atomic E-state index is 12.4. The number of carbonyl (C=O) groups is 2. The van der Waals surface area contributed by atoms with Crippen molar-refractivity contribution in [2.24, 2.45) is 0 Å². The van der Waals surface area contributed by atoms with Crippen molar-refractivity contribution in [3.63, 3.8) is 0 Å². The number of hydrogen-bond donors (Lipinski definition) is 2. The fourth-order valence-electron chi connectivity index (χ4n) is 2.96. The molecule has 0 bridgehead atoms. The maximum Gasteiger partial charge on any atom is 0.252 e. The van der Waals surface area contributed by atoms with Gasteiger partial charge in [0.15, 0.2) is 11.5 Å². The van der Waals surface area contributed by atoms with Crippen molar-refractivity contribution >= 4 is 34.4 Å². The Balaban J connectivity index is 1.84. The second kappa shape index (κ2) is 9.84. The Bertz CT molecular complexity index is 615. The van der Waals surface area contributed by atoms with Crippen LogP contribution in [0.5, 0.6) is 11.5 Å². The largest absolute Gasteiger partial charge is 0.493 e. The van der Waals surface area contributed by atoms with E-state index in [1.165, 1.54) is 26.4 Å². The number of nitrogens with one attached hydrogen (secondary N) is 2. The van der Waals surface area contributed by atoms with Crippen molar-refractivity contribution in [1.29, 1.82) is 0 Å². The zero-order valence-corrected chi connectivity index (χ0v) is 16.9. The summed E-state index contributed by atoms with van der Waals surface area (Å²) in [6.07, 6.45) is 6.02. The Hall–Kier alpha value is -1.51. The Morgan fingerprint density at radius 2 is 1.76 bits per heavy atom. The number of ether oxygens (including phenoxy) is 2. The first-order valence-electron chi connectivity index (χ1n) is 8.54. The molecule has 0 heterocycles. The highest BCUT2D eigenvalue weighted by Crippen LogP contribution is 2.31. The molecular weight excluding hydrogens is 435 g/mol. The normalized spacial score (nSPS) is 14.7. The summed E-state index contributed by atoms with van der Waals surface area (Å²) in [6, 6.07) is 3.70. The van der Waals surface area contributed by atoms with Gasteiger partial charge in [-0.2, -0.15) is 0 Å². The first-order valence-corrected chi connectivity index (χ1v) is 9.62. The molecule has 2 amide bonds. The van der Waals surface area contributed by atoms with Crippen LogP contribution >= 0.6 is 22.6 Å². The van der Waals surface area contributed by atoms with Crippen molar-refractivity contribution in [2.75, 3.05) is 20.8 Å². The van der Waals surface area contributed by atoms with Crippen LogP contribution < -0.4 is 20.1 Å². The third kappa shape index (κ3) is 5.76. The Kier molecular flexibility index (Phi) is 7.80. The highest BCUT2D eigenvalue weighted by molar-refractivity contribution is 14.1. The van der Waals surface area contributed by atoms with E-state index in [2.05, 4.69) is 33.2 Å². The summed E-state index contributed by atoms with van der Waals surface area (Å²) in [5, 5.41) is 5.84. The van der Waals surface area contributed by atoms with E-state index >= 15 is 0 Å². The summed E-state index contributed by atoms with van der Waals surface area (Å²) in [5.41, 5.74) is 0.505. The molecule has 0 spiro atoms. The minimum Gasteiger partial charge on any atom is -0.493 e. The van der Waals surface area contributed by atoms with Gasteiger partial charge in [0.25, 0.3) is 5.91 Å². The quantitative estimate of drug-likeness (QED) is 0.614. The molecule has 25 heavy (non-hydrogen) atoms. The van der Waals surface area contributed by atoms with Gasteiger partial charge in [-0.1, -0.05) is 19.3 Å². The van der Waals surface area contributed by atoms with Gasteiger partial charge in [-0.3, -0.25) is 9.59 Å². The monoisotopic (exact) mass is 460 g/mol. The zero-order valence-electron chi connectivity index (χ0n) is 14.7. The number of rotatable bonds is 7. The predicted molar refractivity (Wildman–Crippen MR) is 104 cm³/mol. The van der Waals surface area contributed by atoms with Crippen LogP contribution in [0.4, 0.5) is 0 Å². The molecule has 7 heteroatoms. The molecule has 2 N–H and O–H groups in total. The van der Waals surface area contributed by atoms with Crippen LogP contribution in [-0.4, -0.2) is 38.6 Å². The van der Waals surface area contributed by atoms with Crippen molar-refractivity contribution in [3.8, 4) is 11.5 Å². The fourth-order valence-corrected chi connectivity index (χ4v) is 3.64. The number of carbonyl (C=O) groups excluding carboxylic acids is 2. The number of amides is 2. The first kappa shape index (κ1) is 19.8. The standard InChI is InChI=1S/C18H25IN2O4/c1-24-15-10-13(14(19)11-16(15)25-2)18(23)20-9-8-17(22)21-12-6-4-3-5-7-12/h10-12H,3-9H2,1-2H3,(H,20,23)(H,21,22). The molecule has 1 saturated carbocycles. The van der Waals surface area contributed by atoms with E-state index in [0.717, 1.165) is 16.4 Å². The third-order valence-electron chi connectivity index (χ3n) is 4.33. The lowest BCUT2D eigenvalue weighted by atomic mass is 9.95. The average molecular weight is 460 g/mol. The van der Waals surface area contributed by atoms with Crippen LogP contribution in [0.1, 0.15) is 48.9 Å². The lowest BCUT2D eigenvalue weighted by Gasteiger charge is -2.22. The van der Waals surface area contributed by atoms with Crippen LogP contribution in [-0.2, 0) is 4.79 Å². The summed E-state index contributed by atoms with van der Waals surface area (Å²) in [7, 11) is 3.08. The van der Waals surface area contributed by atoms with Gasteiger partial charge in [0, 0.05) is 22.6 Å². The van der Waals surface area contributed by atoms with Crippen molar-refractivity contribution < 1.29 is 19.1 Å². The van der Waals surface area contributed by atoms with E-state index in [1.54, 1.807) is 19.2 Å². The van der Waals surface area contributed by atoms with Gasteiger partial charge in [-0.15, -0.1) is 0 Å². The van der Waals surface area contributed by atoms with Gasteiger partial charge in [-0.05, 0) is 47.6 Å². The Morgan fingerprint density at radius 1 is 1.12 bits per heavy atom. The molecule has 1 aromatic carbocycles. The summed E-state index contributed by atoms with van der Waals surface area (Å²) in [4.78, 5) is 24.3. The smallest absolute Gasteiger partial charge is 0.252 e. The lowest BCUT2D eigenvalue weighted by Crippen LogP contribution is -2.38. The molecule has 0 aliphatic heterocycles. The topological polar surface area (TPSA) is 76.7 Å². The first-order chi connectivity index (χ1) is 12.0. The van der Waals surface area contributed by atoms with Gasteiger partial charge in [0.1, 0.15) is 0 Å². The second-order valence-electron chi connectivity index (χ2n) is 6.10. The molecule has 0 atom stereocenters. The Labute approximate surface area is 162 Å². The van der Waals surface area contributed by atoms with E-state index in [1.807, 2.05) is 0 Å². The van der Waals surface area contributed by atoms with Crippen LogP contribution in [0.25, 0.3) is 0 Å². The van der Waals surface area contributed by atoms with Gasteiger partial charge in [-0.25, -0.2) is 0 Å². The van der Waals surface area contributed by atoms with Crippen molar-refractivity contribution in [2.45, 2.75) is 44.6 Å². The number of methoxy groups -OCH3 is 2. The average Bonchev–Trinajstić information content (AvgIpc) is 2.62. The summed E-state index contributed by atoms with van der Waals surface area (Å²) < 4.78 is 11.2. The third-order valence-corrected chi connectivity index (χ3v) is 5.22. The summed E-state index contributed by atoms with van der Waals surface area (Å²) >= 11 is 2.08. The molecule has 6 nitrogen and oxygen atoms in total. The Morgan fingerprint density at radius 3 is 2.40 bits per heavy atom. The zero-order chi connectivity index (χ0) is 18.2. The number of benzene rings is 1. The number of halogens is 1. The lowest BCUT2D eigenvalue weighted by molar-refractivity contribution is -0.121. The summed E-state index contributed by atoms with van der Waals surface area (Å²) in [6.45, 7) is 0.307. The second-order valence-corrected chi connectivity index (χ2v) is 7.26. The van der Waals surface area contributed by atoms with Crippen LogP contribution in [0.15, 0.2) is 12.1 Å². The van der Waals surface area contributed by atoms with E-state index < -0.39 is 0 Å². The molecular formula is C18H25IN2O4. The highest BCUT2D eigenvalue weighted by Gasteiger charge is 2.17. The predicted octanol–water partition coefficient (Wildman–Crippen LogP) is 2.88. The molecule has 0 unspecified atom stereocenters. The molecule has 0 aromatic heterocycles. The van der Waals surface area contributed by atoms with E-state index in [4.69, 9.17) is 9.47 Å². The fraction of sp³-hybridized carbons (Fsp3) is 0.556. The van der Waals surface area contributed by atoms with Gasteiger partial charge in [0.05, 0.1) is 19.8 Å². The minimum absolute atomic E-state index is 0.00536. The molecule has 2 rings (SSSR count). The minimum atomic E-state index is -0.226. The van der Waals surface area contributed by atoms with E-state index in [0.29, 0.717) is 29.6 Å². The number of hydrogen-bond acceptors (Lipinski definition) is 4. The molecule has 1 aromatic rings. The SMILES string of the molecule is COc1cc(I)c(C(=O)NCCC(=O)NC2CCCCC2)cc1OC. The maximum atomic E-state index is 12.4. The molecule has 0 saturated heterocycles. The molecule has 1 aliphatic rings. The van der Waals surface area contributed by atoms with Crippen molar-refractivity contribution in [1.82, 2.24) is 10.6 Å². The van der Waals surface area contributed by atoms with Crippen LogP contribution in [0.2, 0.25) is 0 Å². The molecule has 1 aliphatic carbocycles. The molecule has 138 valence electrons. The van der Waals surface area contributed by atoms with Crippen LogP contribution in [0.3, 0.4) is 0 Å². The highest BCUT2D eigenvalue weighted by atomic mass is 127. The van der Waals surface area contributed by atoms with E-state index in [9.17, 15) is 9.59 Å². The van der Waals surface area contributed by atoms with Gasteiger partial charge < -0.3 is 20.1 Å². The van der Waals surface area contributed by atoms with Gasteiger partial charge >= 0.3 is 0 Å². The van der Waals surface area contributed by atoms with E-state index in [-0.39, 0.29) is 18.2 Å². The molecule has 1 fully saturated rings. The molecule has 0 radical (unpaired) electrons. The summed E-state index contributed by atoms with van der Waals surface area (Å²) in [5.74, 6) is 0.850.